The number of H-pyrrole nitrogens is 1. The number of fused-ring (bicyclic) bond motifs is 1. The molecule has 11 heteroatoms. The number of anilines is 1. The Labute approximate surface area is 158 Å². The average Bonchev–Trinajstić information content (AvgIpc) is 2.99. The molecule has 0 aliphatic rings. The molecule has 3 aromatic heterocycles. The second-order valence-corrected chi connectivity index (χ2v) is 6.90. The van der Waals surface area contributed by atoms with E-state index in [9.17, 15) is 9.59 Å². The van der Waals surface area contributed by atoms with E-state index in [4.69, 9.17) is 5.11 Å². The smallest absolute Gasteiger partial charge is 0.255 e. The number of aliphatic hydroxyl groups is 1. The van der Waals surface area contributed by atoms with E-state index in [-0.39, 0.29) is 36.2 Å². The number of carbonyl (C=O) groups excluding carboxylic acids is 1. The van der Waals surface area contributed by atoms with Gasteiger partial charge in [-0.15, -0.1) is 5.10 Å². The van der Waals surface area contributed by atoms with Crippen LogP contribution in [0.1, 0.15) is 22.6 Å². The quantitative estimate of drug-likeness (QED) is 0.407. The van der Waals surface area contributed by atoms with E-state index < -0.39 is 0 Å². The first kappa shape index (κ1) is 19.0. The van der Waals surface area contributed by atoms with Gasteiger partial charge in [0.15, 0.2) is 5.16 Å². The first-order valence-electron chi connectivity index (χ1n) is 8.21. The van der Waals surface area contributed by atoms with E-state index in [0.29, 0.717) is 22.2 Å². The molecule has 3 rings (SSSR count). The number of aromatic amines is 1. The zero-order valence-electron chi connectivity index (χ0n) is 15.1. The van der Waals surface area contributed by atoms with Gasteiger partial charge in [0.05, 0.1) is 5.75 Å². The fourth-order valence-corrected chi connectivity index (χ4v) is 3.28. The Hall–Kier alpha value is -2.79. The second kappa shape index (κ2) is 7.84. The van der Waals surface area contributed by atoms with Crippen LogP contribution in [-0.4, -0.2) is 52.9 Å². The van der Waals surface area contributed by atoms with Crippen LogP contribution in [0.15, 0.2) is 16.0 Å². The lowest BCUT2D eigenvalue weighted by Crippen LogP contribution is -2.20. The van der Waals surface area contributed by atoms with Crippen LogP contribution < -0.4 is 10.9 Å². The number of carbonyl (C=O) groups is 1. The van der Waals surface area contributed by atoms with Crippen molar-refractivity contribution in [2.24, 2.45) is 0 Å². The van der Waals surface area contributed by atoms with Gasteiger partial charge in [-0.05, 0) is 26.8 Å². The molecule has 10 nitrogen and oxygen atoms in total. The average molecular weight is 389 g/mol. The van der Waals surface area contributed by atoms with Gasteiger partial charge in [0.2, 0.25) is 5.91 Å². The van der Waals surface area contributed by atoms with Gasteiger partial charge >= 0.3 is 0 Å². The van der Waals surface area contributed by atoms with Crippen LogP contribution in [0.5, 0.6) is 0 Å². The van der Waals surface area contributed by atoms with Crippen LogP contribution >= 0.6 is 11.8 Å². The SMILES string of the molecule is Cc1cc(C)n2nc(NC(=O)CSc3nc(C)c(CCO)c(=O)[nH]3)nc2n1. The first-order valence-corrected chi connectivity index (χ1v) is 9.20. The van der Waals surface area contributed by atoms with Crippen molar-refractivity contribution in [3.63, 3.8) is 0 Å². The number of nitrogens with one attached hydrogen (secondary N) is 2. The molecular formula is C16H19N7O3S. The molecule has 0 saturated heterocycles. The summed E-state index contributed by atoms with van der Waals surface area (Å²) in [5.41, 5.74) is 2.35. The number of hydrogen-bond donors (Lipinski definition) is 3. The predicted octanol–water partition coefficient (Wildman–Crippen LogP) is 0.398. The van der Waals surface area contributed by atoms with Gasteiger partial charge < -0.3 is 10.1 Å². The summed E-state index contributed by atoms with van der Waals surface area (Å²) in [4.78, 5) is 39.5. The summed E-state index contributed by atoms with van der Waals surface area (Å²) in [6, 6.07) is 1.87. The largest absolute Gasteiger partial charge is 0.396 e. The number of hydrogen-bond acceptors (Lipinski definition) is 8. The van der Waals surface area contributed by atoms with Gasteiger partial charge in [-0.3, -0.25) is 14.9 Å². The van der Waals surface area contributed by atoms with Crippen molar-refractivity contribution in [2.45, 2.75) is 32.3 Å². The van der Waals surface area contributed by atoms with E-state index in [1.807, 2.05) is 19.9 Å². The van der Waals surface area contributed by atoms with Gasteiger partial charge in [0, 0.05) is 35.7 Å². The van der Waals surface area contributed by atoms with Gasteiger partial charge in [-0.1, -0.05) is 11.8 Å². The Morgan fingerprint density at radius 2 is 2.07 bits per heavy atom. The lowest BCUT2D eigenvalue weighted by Gasteiger charge is -2.05. The molecule has 0 saturated carbocycles. The maximum Gasteiger partial charge on any atom is 0.255 e. The Morgan fingerprint density at radius 1 is 1.30 bits per heavy atom. The highest BCUT2D eigenvalue weighted by Crippen LogP contribution is 2.14. The minimum absolute atomic E-state index is 0.0305. The molecule has 3 aromatic rings. The van der Waals surface area contributed by atoms with Crippen molar-refractivity contribution >= 4 is 29.4 Å². The van der Waals surface area contributed by atoms with Crippen molar-refractivity contribution in [2.75, 3.05) is 17.7 Å². The summed E-state index contributed by atoms with van der Waals surface area (Å²) in [6.07, 6.45) is 0.242. The van der Waals surface area contributed by atoms with Crippen LogP contribution in [-0.2, 0) is 11.2 Å². The summed E-state index contributed by atoms with van der Waals surface area (Å²) in [6.45, 7) is 5.31. The summed E-state index contributed by atoms with van der Waals surface area (Å²) in [5.74, 6) is 0.280. The lowest BCUT2D eigenvalue weighted by atomic mass is 10.2. The number of aryl methyl sites for hydroxylation is 3. The summed E-state index contributed by atoms with van der Waals surface area (Å²) >= 11 is 1.10. The number of thioether (sulfide) groups is 1. The molecule has 3 heterocycles. The highest BCUT2D eigenvalue weighted by Gasteiger charge is 2.13. The zero-order valence-corrected chi connectivity index (χ0v) is 15.9. The van der Waals surface area contributed by atoms with Crippen LogP contribution in [0.3, 0.4) is 0 Å². The second-order valence-electron chi connectivity index (χ2n) is 5.93. The van der Waals surface area contributed by atoms with Crippen LogP contribution in [0.25, 0.3) is 5.78 Å². The molecule has 0 atom stereocenters. The van der Waals surface area contributed by atoms with Crippen molar-refractivity contribution in [1.29, 1.82) is 0 Å². The number of rotatable bonds is 6. The molecule has 0 radical (unpaired) electrons. The minimum atomic E-state index is -0.329. The van der Waals surface area contributed by atoms with Gasteiger partial charge in [0.25, 0.3) is 17.3 Å². The predicted molar refractivity (Wildman–Crippen MR) is 100.0 cm³/mol. The maximum atomic E-state index is 12.2. The van der Waals surface area contributed by atoms with Gasteiger partial charge in [-0.2, -0.15) is 9.50 Å². The topological polar surface area (TPSA) is 138 Å². The molecule has 0 aliphatic heterocycles. The molecule has 0 bridgehead atoms. The molecule has 3 N–H and O–H groups in total. The zero-order chi connectivity index (χ0) is 19.6. The Bertz CT molecular complexity index is 1060. The van der Waals surface area contributed by atoms with Crippen molar-refractivity contribution in [3.8, 4) is 0 Å². The summed E-state index contributed by atoms with van der Waals surface area (Å²) < 4.78 is 1.55. The third-order valence-corrected chi connectivity index (χ3v) is 4.65. The van der Waals surface area contributed by atoms with Gasteiger partial charge in [-0.25, -0.2) is 9.97 Å². The number of aromatic nitrogens is 6. The van der Waals surface area contributed by atoms with E-state index in [0.717, 1.165) is 23.1 Å². The third kappa shape index (κ3) is 4.31. The van der Waals surface area contributed by atoms with Crippen molar-refractivity contribution < 1.29 is 9.90 Å². The van der Waals surface area contributed by atoms with Crippen molar-refractivity contribution in [1.82, 2.24) is 29.5 Å². The molecule has 0 spiro atoms. The Morgan fingerprint density at radius 3 is 2.78 bits per heavy atom. The van der Waals surface area contributed by atoms with Crippen molar-refractivity contribution in [3.05, 3.63) is 39.1 Å². The fourth-order valence-electron chi connectivity index (χ4n) is 2.57. The van der Waals surface area contributed by atoms with E-state index in [1.165, 1.54) is 0 Å². The van der Waals surface area contributed by atoms with Crippen LogP contribution in [0, 0.1) is 20.8 Å². The molecule has 1 amide bonds. The molecule has 0 fully saturated rings. The van der Waals surface area contributed by atoms with Gasteiger partial charge in [0.1, 0.15) is 0 Å². The fraction of sp³-hybridized carbons (Fsp3) is 0.375. The number of amides is 1. The minimum Gasteiger partial charge on any atom is -0.396 e. The molecular weight excluding hydrogens is 370 g/mol. The molecule has 142 valence electrons. The van der Waals surface area contributed by atoms with E-state index in [1.54, 1.807) is 11.4 Å². The standard InChI is InChI=1S/C16H19N7O3S/c1-8-6-9(2)23-15(17-8)21-14(22-23)19-12(25)7-27-16-18-10(3)11(4-5-24)13(26)20-16/h6,24H,4-5,7H2,1-3H3,(H,18,20,26)(H,19,22,25). The summed E-state index contributed by atoms with van der Waals surface area (Å²) in [7, 11) is 0. The van der Waals surface area contributed by atoms with E-state index >= 15 is 0 Å². The number of aliphatic hydroxyl groups excluding tert-OH is 1. The molecule has 0 aromatic carbocycles. The highest BCUT2D eigenvalue weighted by molar-refractivity contribution is 7.99. The normalized spacial score (nSPS) is 11.1. The maximum absolute atomic E-state index is 12.2. The molecule has 0 aliphatic carbocycles. The third-order valence-electron chi connectivity index (χ3n) is 3.77. The molecule has 0 unspecified atom stereocenters. The highest BCUT2D eigenvalue weighted by atomic mass is 32.2. The lowest BCUT2D eigenvalue weighted by molar-refractivity contribution is -0.113. The molecule has 27 heavy (non-hydrogen) atoms. The van der Waals surface area contributed by atoms with Crippen LogP contribution in [0.4, 0.5) is 5.95 Å². The van der Waals surface area contributed by atoms with Crippen LogP contribution in [0.2, 0.25) is 0 Å². The first-order chi connectivity index (χ1) is 12.9. The Balaban J connectivity index is 1.67. The monoisotopic (exact) mass is 389 g/mol. The number of nitrogens with zero attached hydrogens (tertiary/aromatic N) is 5. The Kier molecular flexibility index (Phi) is 5.51. The van der Waals surface area contributed by atoms with E-state index in [2.05, 4.69) is 30.4 Å². The summed E-state index contributed by atoms with van der Waals surface area (Å²) in [5, 5.41) is 16.1.